The molecule has 0 spiro atoms. The molecule has 0 saturated heterocycles. The van der Waals surface area contributed by atoms with Gasteiger partial charge in [-0.3, -0.25) is 4.99 Å². The number of halogens is 1. The number of sulfone groups is 1. The van der Waals surface area contributed by atoms with Crippen molar-refractivity contribution in [1.29, 1.82) is 0 Å². The van der Waals surface area contributed by atoms with Gasteiger partial charge in [0.25, 0.3) is 0 Å². The minimum Gasteiger partial charge on any atom is -0.386 e. The highest BCUT2D eigenvalue weighted by Crippen LogP contribution is 2.41. The van der Waals surface area contributed by atoms with E-state index in [0.717, 1.165) is 32.9 Å². The lowest BCUT2D eigenvalue weighted by Crippen LogP contribution is -2.54. The van der Waals surface area contributed by atoms with Gasteiger partial charge >= 0.3 is 0 Å². The summed E-state index contributed by atoms with van der Waals surface area (Å²) < 4.78 is 25.2. The van der Waals surface area contributed by atoms with Crippen molar-refractivity contribution in [3.63, 3.8) is 0 Å². The van der Waals surface area contributed by atoms with Crippen LogP contribution in [-0.2, 0) is 21.8 Å². The number of aliphatic imine (C=N–C) groups is 1. The molecule has 0 bridgehead atoms. The number of thiazole rings is 1. The molecule has 2 aliphatic rings. The quantitative estimate of drug-likeness (QED) is 0.780. The summed E-state index contributed by atoms with van der Waals surface area (Å²) in [5.74, 6) is 0.0940. The second-order valence-corrected chi connectivity index (χ2v) is 11.0. The molecule has 0 unspecified atom stereocenters. The fourth-order valence-corrected chi connectivity index (χ4v) is 6.10. The van der Waals surface area contributed by atoms with Gasteiger partial charge in [0.05, 0.1) is 16.3 Å². The molecule has 5 nitrogen and oxygen atoms in total. The van der Waals surface area contributed by atoms with Gasteiger partial charge in [-0.25, -0.2) is 13.4 Å². The molecule has 0 radical (unpaired) electrons. The Morgan fingerprint density at radius 1 is 1.32 bits per heavy atom. The third-order valence-electron chi connectivity index (χ3n) is 4.31. The number of nitrogens with two attached hydrogens (primary N) is 1. The molecule has 1 aromatic heterocycles. The highest BCUT2D eigenvalue weighted by molar-refractivity contribution is 9.11. The first kappa shape index (κ1) is 16.1. The van der Waals surface area contributed by atoms with E-state index < -0.39 is 20.1 Å². The van der Waals surface area contributed by atoms with Gasteiger partial charge in [0, 0.05) is 0 Å². The number of amidine groups is 1. The van der Waals surface area contributed by atoms with E-state index in [1.54, 1.807) is 20.8 Å². The summed E-state index contributed by atoms with van der Waals surface area (Å²) in [5.41, 5.74) is 6.09. The van der Waals surface area contributed by atoms with Crippen LogP contribution in [0.3, 0.4) is 0 Å². The first-order valence-corrected chi connectivity index (χ1v) is 10.3. The first-order chi connectivity index (χ1) is 10.1. The third-order valence-corrected chi connectivity index (χ3v) is 8.94. The summed E-state index contributed by atoms with van der Waals surface area (Å²) in [4.78, 5) is 10.3. The lowest BCUT2D eigenvalue weighted by Gasteiger charge is -2.36. The van der Waals surface area contributed by atoms with Crippen LogP contribution in [0.25, 0.3) is 6.08 Å². The van der Waals surface area contributed by atoms with Crippen molar-refractivity contribution in [1.82, 2.24) is 4.98 Å². The monoisotopic (exact) mass is 403 g/mol. The van der Waals surface area contributed by atoms with Gasteiger partial charge in [0.2, 0.25) is 0 Å². The Morgan fingerprint density at radius 3 is 2.64 bits per heavy atom. The molecular formula is C14H18BrN3O2S2. The van der Waals surface area contributed by atoms with E-state index >= 15 is 0 Å². The van der Waals surface area contributed by atoms with Crippen molar-refractivity contribution in [2.24, 2.45) is 10.7 Å². The number of aromatic nitrogens is 1. The zero-order chi connectivity index (χ0) is 16.3. The van der Waals surface area contributed by atoms with Crippen LogP contribution in [0, 0.1) is 0 Å². The van der Waals surface area contributed by atoms with Gasteiger partial charge in [0.1, 0.15) is 21.1 Å². The van der Waals surface area contributed by atoms with E-state index in [4.69, 9.17) is 5.73 Å². The Kier molecular flexibility index (Phi) is 3.58. The average molecular weight is 404 g/mol. The van der Waals surface area contributed by atoms with Gasteiger partial charge in [0.15, 0.2) is 9.84 Å². The van der Waals surface area contributed by atoms with Crippen LogP contribution in [0.15, 0.2) is 9.47 Å². The summed E-state index contributed by atoms with van der Waals surface area (Å²) in [6, 6.07) is 0. The maximum absolute atomic E-state index is 12.6. The highest BCUT2D eigenvalue weighted by Gasteiger charge is 2.50. The minimum absolute atomic E-state index is 0.0645. The predicted molar refractivity (Wildman–Crippen MR) is 94.2 cm³/mol. The number of rotatable bonds is 1. The number of fused-ring (bicyclic) bond motifs is 1. The molecule has 0 fully saturated rings. The smallest absolute Gasteiger partial charge is 0.165 e. The van der Waals surface area contributed by atoms with Gasteiger partial charge in [-0.15, -0.1) is 11.3 Å². The van der Waals surface area contributed by atoms with Crippen LogP contribution in [0.1, 0.15) is 42.8 Å². The van der Waals surface area contributed by atoms with Crippen LogP contribution in [0.4, 0.5) is 0 Å². The molecule has 8 heteroatoms. The van der Waals surface area contributed by atoms with Crippen LogP contribution in [-0.4, -0.2) is 29.7 Å². The molecule has 2 N–H and O–H groups in total. The van der Waals surface area contributed by atoms with Gasteiger partial charge in [-0.1, -0.05) is 15.9 Å². The molecule has 1 aliphatic carbocycles. The van der Waals surface area contributed by atoms with Crippen molar-refractivity contribution in [2.45, 2.75) is 43.9 Å². The van der Waals surface area contributed by atoms with Crippen molar-refractivity contribution in [3.8, 4) is 0 Å². The predicted octanol–water partition coefficient (Wildman–Crippen LogP) is 2.60. The van der Waals surface area contributed by atoms with Crippen LogP contribution in [0.5, 0.6) is 0 Å². The maximum atomic E-state index is 12.6. The lowest BCUT2D eigenvalue weighted by molar-refractivity contribution is 0.498. The minimum atomic E-state index is -3.39. The summed E-state index contributed by atoms with van der Waals surface area (Å²) in [5, 5.41) is 0.720. The second kappa shape index (κ2) is 4.88. The van der Waals surface area contributed by atoms with E-state index in [2.05, 4.69) is 32.0 Å². The Hall–Kier alpha value is -0.730. The Labute approximate surface area is 142 Å². The van der Waals surface area contributed by atoms with E-state index in [9.17, 15) is 8.42 Å². The molecule has 0 amide bonds. The average Bonchev–Trinajstić information content (AvgIpc) is 2.79. The van der Waals surface area contributed by atoms with Gasteiger partial charge in [-0.05, 0) is 44.2 Å². The molecule has 3 rings (SSSR count). The Bertz CT molecular complexity index is 808. The third kappa shape index (κ3) is 2.35. The van der Waals surface area contributed by atoms with Crippen LogP contribution < -0.4 is 5.73 Å². The SMILES string of the molecule is CC1(C)C(N)=N[C@](C)(c2nc3c(s2)C=C(Br)CC3)CS1(=O)=O. The molecule has 0 saturated carbocycles. The molecule has 1 aliphatic heterocycles. The second-order valence-electron chi connectivity index (χ2n) is 6.46. The standard InChI is InChI=1S/C14H18BrN3O2S2/c1-13(2)11(16)18-14(3,7-22(13,19)20)12-17-9-5-4-8(15)6-10(9)21-12/h6H,4-5,7H2,1-3H3,(H2,16,18)/t14-/m0/s1. The fourth-order valence-electron chi connectivity index (χ4n) is 2.59. The van der Waals surface area contributed by atoms with Crippen LogP contribution >= 0.6 is 27.3 Å². The number of hydrogen-bond acceptors (Lipinski definition) is 6. The Morgan fingerprint density at radius 2 is 2.00 bits per heavy atom. The largest absolute Gasteiger partial charge is 0.386 e. The zero-order valence-corrected chi connectivity index (χ0v) is 15.9. The van der Waals surface area contributed by atoms with E-state index in [1.165, 1.54) is 11.3 Å². The number of hydrogen-bond donors (Lipinski definition) is 1. The maximum Gasteiger partial charge on any atom is 0.165 e. The molecule has 1 aromatic rings. The molecule has 120 valence electrons. The van der Waals surface area contributed by atoms with Crippen LogP contribution in [0.2, 0.25) is 0 Å². The number of aryl methyl sites for hydroxylation is 1. The molecule has 22 heavy (non-hydrogen) atoms. The summed E-state index contributed by atoms with van der Waals surface area (Å²) in [6.45, 7) is 5.01. The topological polar surface area (TPSA) is 85.4 Å². The zero-order valence-electron chi connectivity index (χ0n) is 12.7. The van der Waals surface area contributed by atoms with Crippen molar-refractivity contribution in [3.05, 3.63) is 20.1 Å². The molecule has 1 atom stereocenters. The first-order valence-electron chi connectivity index (χ1n) is 6.99. The van der Waals surface area contributed by atoms with Crippen molar-refractivity contribution < 1.29 is 8.42 Å². The highest BCUT2D eigenvalue weighted by atomic mass is 79.9. The van der Waals surface area contributed by atoms with E-state index in [-0.39, 0.29) is 11.6 Å². The summed E-state index contributed by atoms with van der Waals surface area (Å²) >= 11 is 5.02. The van der Waals surface area contributed by atoms with Crippen molar-refractivity contribution in [2.75, 3.05) is 5.75 Å². The van der Waals surface area contributed by atoms with E-state index in [1.807, 2.05) is 0 Å². The fraction of sp³-hybridized carbons (Fsp3) is 0.571. The normalized spacial score (nSPS) is 29.5. The molecule has 0 aromatic carbocycles. The van der Waals surface area contributed by atoms with Gasteiger partial charge in [-0.2, -0.15) is 0 Å². The van der Waals surface area contributed by atoms with Gasteiger partial charge < -0.3 is 5.73 Å². The number of allylic oxidation sites excluding steroid dienone is 1. The summed E-state index contributed by atoms with van der Waals surface area (Å²) in [7, 11) is -3.39. The van der Waals surface area contributed by atoms with E-state index in [0.29, 0.717) is 0 Å². The Balaban J connectivity index is 2.11. The molecular weight excluding hydrogens is 386 g/mol. The van der Waals surface area contributed by atoms with Crippen molar-refractivity contribution >= 4 is 49.0 Å². The summed E-state index contributed by atoms with van der Waals surface area (Å²) in [6.07, 6.45) is 3.83. The molecule has 2 heterocycles. The number of nitrogens with zero attached hydrogens (tertiary/aromatic N) is 2. The lowest BCUT2D eigenvalue weighted by atomic mass is 10.0.